The molecule has 0 radical (unpaired) electrons. The largest absolute Gasteiger partial charge is 0.476 e. The molecule has 2 heterocycles. The number of nitrogens with zero attached hydrogens (tertiary/aromatic N) is 4. The SMILES string of the molecule is CSc1nnc(Sc2cnc(C(=O)O)cn2)s1. The molecule has 9 heteroatoms. The third-order valence-corrected chi connectivity index (χ3v) is 4.47. The topological polar surface area (TPSA) is 88.9 Å². The van der Waals surface area contributed by atoms with Crippen molar-refractivity contribution in [2.75, 3.05) is 6.26 Å². The standard InChI is InChI=1S/C8H6N4O2S3/c1-15-7-11-12-8(17-7)16-5-3-9-4(2-10-5)6(13)14/h2-3H,1H3,(H,13,14). The molecule has 0 amide bonds. The van der Waals surface area contributed by atoms with E-state index in [9.17, 15) is 4.79 Å². The van der Waals surface area contributed by atoms with Crippen LogP contribution in [0.25, 0.3) is 0 Å². The van der Waals surface area contributed by atoms with Crippen LogP contribution in [0.4, 0.5) is 0 Å². The minimum Gasteiger partial charge on any atom is -0.476 e. The molecule has 2 rings (SSSR count). The Morgan fingerprint density at radius 2 is 2.06 bits per heavy atom. The molecule has 6 nitrogen and oxygen atoms in total. The Kier molecular flexibility index (Phi) is 3.92. The number of aromatic carboxylic acids is 1. The summed E-state index contributed by atoms with van der Waals surface area (Å²) in [5.74, 6) is -1.09. The molecule has 0 aromatic carbocycles. The van der Waals surface area contributed by atoms with Crippen molar-refractivity contribution >= 4 is 40.8 Å². The van der Waals surface area contributed by atoms with Crippen LogP contribution in [0.15, 0.2) is 26.1 Å². The van der Waals surface area contributed by atoms with Crippen LogP contribution in [-0.2, 0) is 0 Å². The second kappa shape index (κ2) is 5.43. The smallest absolute Gasteiger partial charge is 0.356 e. The maximum atomic E-state index is 10.6. The van der Waals surface area contributed by atoms with E-state index in [-0.39, 0.29) is 5.69 Å². The van der Waals surface area contributed by atoms with Gasteiger partial charge in [-0.3, -0.25) is 0 Å². The van der Waals surface area contributed by atoms with Gasteiger partial charge in [0.2, 0.25) is 0 Å². The number of hydrogen-bond acceptors (Lipinski definition) is 8. The van der Waals surface area contributed by atoms with Crippen molar-refractivity contribution in [1.29, 1.82) is 0 Å². The minimum absolute atomic E-state index is 0.0728. The van der Waals surface area contributed by atoms with Crippen LogP contribution in [-0.4, -0.2) is 37.5 Å². The van der Waals surface area contributed by atoms with E-state index < -0.39 is 5.97 Å². The lowest BCUT2D eigenvalue weighted by Crippen LogP contribution is -2.00. The molecule has 0 saturated heterocycles. The van der Waals surface area contributed by atoms with Crippen LogP contribution in [0.1, 0.15) is 10.5 Å². The fourth-order valence-corrected chi connectivity index (χ4v) is 3.18. The van der Waals surface area contributed by atoms with E-state index in [0.717, 1.165) is 8.68 Å². The number of carboxylic acids is 1. The summed E-state index contributed by atoms with van der Waals surface area (Å²) >= 11 is 4.29. The molecule has 0 aliphatic heterocycles. The Morgan fingerprint density at radius 1 is 1.29 bits per heavy atom. The zero-order chi connectivity index (χ0) is 12.3. The van der Waals surface area contributed by atoms with Gasteiger partial charge in [-0.1, -0.05) is 23.1 Å². The van der Waals surface area contributed by atoms with Gasteiger partial charge >= 0.3 is 5.97 Å². The zero-order valence-electron chi connectivity index (χ0n) is 8.52. The summed E-state index contributed by atoms with van der Waals surface area (Å²) in [5, 5.41) is 17.2. The van der Waals surface area contributed by atoms with E-state index in [1.807, 2.05) is 6.26 Å². The fraction of sp³-hybridized carbons (Fsp3) is 0.125. The van der Waals surface area contributed by atoms with E-state index in [1.54, 1.807) is 0 Å². The van der Waals surface area contributed by atoms with E-state index in [4.69, 9.17) is 5.11 Å². The summed E-state index contributed by atoms with van der Waals surface area (Å²) in [7, 11) is 0. The summed E-state index contributed by atoms with van der Waals surface area (Å²) < 4.78 is 1.63. The number of rotatable bonds is 4. The molecule has 17 heavy (non-hydrogen) atoms. The first-order chi connectivity index (χ1) is 8.19. The van der Waals surface area contributed by atoms with Crippen molar-refractivity contribution in [3.05, 3.63) is 18.1 Å². The predicted molar refractivity (Wildman–Crippen MR) is 64.8 cm³/mol. The highest BCUT2D eigenvalue weighted by Gasteiger charge is 2.08. The van der Waals surface area contributed by atoms with E-state index >= 15 is 0 Å². The minimum atomic E-state index is -1.09. The highest BCUT2D eigenvalue weighted by Crippen LogP contribution is 2.31. The summed E-state index contributed by atoms with van der Waals surface area (Å²) in [4.78, 5) is 18.3. The normalized spacial score (nSPS) is 10.4. The van der Waals surface area contributed by atoms with Crippen LogP contribution in [0.3, 0.4) is 0 Å². The lowest BCUT2D eigenvalue weighted by Gasteiger charge is -1.96. The van der Waals surface area contributed by atoms with Crippen molar-refractivity contribution in [2.24, 2.45) is 0 Å². The molecule has 88 valence electrons. The van der Waals surface area contributed by atoms with Crippen LogP contribution in [0.2, 0.25) is 0 Å². The van der Waals surface area contributed by atoms with E-state index in [0.29, 0.717) is 5.03 Å². The Morgan fingerprint density at radius 3 is 2.59 bits per heavy atom. The number of aromatic nitrogens is 4. The lowest BCUT2D eigenvalue weighted by molar-refractivity contribution is 0.0689. The second-order valence-corrected chi connectivity index (χ2v) is 5.98. The first-order valence-corrected chi connectivity index (χ1v) is 7.15. The molecule has 0 aliphatic carbocycles. The molecule has 0 bridgehead atoms. The Labute approximate surface area is 109 Å². The first kappa shape index (κ1) is 12.3. The van der Waals surface area contributed by atoms with Crippen molar-refractivity contribution in [1.82, 2.24) is 20.2 Å². The molecular formula is C8H6N4O2S3. The third kappa shape index (κ3) is 3.14. The number of carboxylic acid groups (broad SMARTS) is 1. The van der Waals surface area contributed by atoms with E-state index in [1.165, 1.54) is 47.3 Å². The molecule has 2 aromatic heterocycles. The highest BCUT2D eigenvalue weighted by molar-refractivity contribution is 8.02. The molecule has 0 spiro atoms. The van der Waals surface area contributed by atoms with Crippen molar-refractivity contribution in [2.45, 2.75) is 13.7 Å². The molecule has 0 fully saturated rings. The second-order valence-electron chi connectivity index (χ2n) is 2.69. The molecule has 1 N–H and O–H groups in total. The van der Waals surface area contributed by atoms with Crippen LogP contribution in [0.5, 0.6) is 0 Å². The molecule has 0 saturated carbocycles. The van der Waals surface area contributed by atoms with Gasteiger partial charge in [0.15, 0.2) is 14.4 Å². The van der Waals surface area contributed by atoms with Gasteiger partial charge in [0.25, 0.3) is 0 Å². The summed E-state index contributed by atoms with van der Waals surface area (Å²) in [6.45, 7) is 0. The quantitative estimate of drug-likeness (QED) is 0.852. The molecule has 2 aromatic rings. The maximum Gasteiger partial charge on any atom is 0.356 e. The maximum absolute atomic E-state index is 10.6. The first-order valence-electron chi connectivity index (χ1n) is 4.29. The number of hydrogen-bond donors (Lipinski definition) is 1. The Bertz CT molecular complexity index is 528. The Balaban J connectivity index is 2.10. The van der Waals surface area contributed by atoms with Gasteiger partial charge in [0.05, 0.1) is 12.4 Å². The van der Waals surface area contributed by atoms with Crippen LogP contribution < -0.4 is 0 Å². The molecule has 0 atom stereocenters. The van der Waals surface area contributed by atoms with Gasteiger partial charge in [0, 0.05) is 0 Å². The average molecular weight is 286 g/mol. The highest BCUT2D eigenvalue weighted by atomic mass is 32.2. The molecule has 0 aliphatic rings. The Hall–Kier alpha value is -1.19. The predicted octanol–water partition coefficient (Wildman–Crippen LogP) is 1.90. The number of carbonyl (C=O) groups is 1. The average Bonchev–Trinajstić information content (AvgIpc) is 2.77. The summed E-state index contributed by atoms with van der Waals surface area (Å²) in [6.07, 6.45) is 4.56. The molecule has 0 unspecified atom stereocenters. The van der Waals surface area contributed by atoms with Crippen molar-refractivity contribution in [3.63, 3.8) is 0 Å². The monoisotopic (exact) mass is 286 g/mol. The summed E-state index contributed by atoms with van der Waals surface area (Å²) in [6, 6.07) is 0. The van der Waals surface area contributed by atoms with Gasteiger partial charge < -0.3 is 5.11 Å². The van der Waals surface area contributed by atoms with Crippen molar-refractivity contribution < 1.29 is 9.90 Å². The molecular weight excluding hydrogens is 280 g/mol. The summed E-state index contributed by atoms with van der Waals surface area (Å²) in [5.41, 5.74) is -0.0728. The van der Waals surface area contributed by atoms with Gasteiger partial charge in [-0.25, -0.2) is 14.8 Å². The fourth-order valence-electron chi connectivity index (χ4n) is 0.890. The number of thioether (sulfide) groups is 1. The van der Waals surface area contributed by atoms with Gasteiger partial charge in [-0.15, -0.1) is 10.2 Å². The zero-order valence-corrected chi connectivity index (χ0v) is 11.0. The van der Waals surface area contributed by atoms with Gasteiger partial charge in [0.1, 0.15) is 5.03 Å². The van der Waals surface area contributed by atoms with Crippen molar-refractivity contribution in [3.8, 4) is 0 Å². The van der Waals surface area contributed by atoms with Crippen LogP contribution in [0, 0.1) is 0 Å². The lowest BCUT2D eigenvalue weighted by atomic mass is 10.5. The van der Waals surface area contributed by atoms with Gasteiger partial charge in [-0.2, -0.15) is 0 Å². The van der Waals surface area contributed by atoms with Crippen LogP contribution >= 0.6 is 34.9 Å². The van der Waals surface area contributed by atoms with E-state index in [2.05, 4.69) is 20.2 Å². The third-order valence-electron chi connectivity index (χ3n) is 1.60. The van der Waals surface area contributed by atoms with Gasteiger partial charge in [-0.05, 0) is 18.0 Å².